The molecule has 1 aromatic carbocycles. The van der Waals surface area contributed by atoms with E-state index >= 15 is 0 Å². The van der Waals surface area contributed by atoms with Crippen LogP contribution in [0.25, 0.3) is 0 Å². The van der Waals surface area contributed by atoms with Gasteiger partial charge in [-0.05, 0) is 88.3 Å². The molecule has 8 heteroatoms. The Hall–Kier alpha value is -3.91. The molecule has 2 amide bonds. The van der Waals surface area contributed by atoms with E-state index in [0.29, 0.717) is 19.4 Å². The van der Waals surface area contributed by atoms with Crippen LogP contribution in [0.2, 0.25) is 0 Å². The molecule has 1 unspecified atom stereocenters. The maximum absolute atomic E-state index is 13.0. The number of ether oxygens (including phenoxy) is 1. The third kappa shape index (κ3) is 18.5. The average molecular weight is 623 g/mol. The molecule has 1 aromatic rings. The zero-order valence-electron chi connectivity index (χ0n) is 27.5. The first kappa shape index (κ1) is 39.1. The third-order valence-corrected chi connectivity index (χ3v) is 6.74. The number of allylic oxidation sites excluding steroid dienone is 10. The molecule has 2 atom stereocenters. The number of benzene rings is 1. The molecule has 0 heterocycles. The van der Waals surface area contributed by atoms with Gasteiger partial charge in [0.2, 0.25) is 11.8 Å². The number of carboxylic acid groups (broad SMARTS) is 1. The number of carbonyl (C=O) groups is 3. The number of carboxylic acids is 1. The number of phenols is 1. The maximum Gasteiger partial charge on any atom is 0.339 e. The second-order valence-corrected chi connectivity index (χ2v) is 11.2. The summed E-state index contributed by atoms with van der Waals surface area (Å²) in [5, 5.41) is 24.4. The molecule has 0 aliphatic heterocycles. The molecule has 4 N–H and O–H groups in total. The summed E-state index contributed by atoms with van der Waals surface area (Å²) in [6.07, 6.45) is 29.6. The molecular formula is C37H54N2O6. The lowest BCUT2D eigenvalue weighted by molar-refractivity contribution is -0.136. The maximum atomic E-state index is 13.0. The van der Waals surface area contributed by atoms with Crippen molar-refractivity contribution in [1.82, 2.24) is 5.32 Å². The van der Waals surface area contributed by atoms with Crippen molar-refractivity contribution >= 4 is 23.5 Å². The molecule has 0 saturated carbocycles. The Bertz CT molecular complexity index is 1170. The number of unbranched alkanes of at least 4 members (excludes halogenated alkanes) is 2. The lowest BCUT2D eigenvalue weighted by Gasteiger charge is -2.23. The molecule has 0 saturated heterocycles. The van der Waals surface area contributed by atoms with Gasteiger partial charge in [-0.3, -0.25) is 9.59 Å². The standard InChI is InChI=1S/C37H54N2O6/c1-5-7-8-9-10-11-12-13-14-15-16-17-18-19-20-21-22-23-26-45-34(6-2)36(42)39-32(27-29(3)4)35(41)38-30-24-25-33(40)31(28-30)37(43)44/h7-8,10-11,13-14,16-17,19-20,24-25,28-29,32,34,40H,5-6,9,12,15,18,21-23,26-27H2,1-4H3,(H,38,41)(H,39,42)(H,43,44)/t32-,34?/m0/s1. The van der Waals surface area contributed by atoms with Crippen LogP contribution >= 0.6 is 0 Å². The number of amides is 2. The van der Waals surface area contributed by atoms with Crippen molar-refractivity contribution in [2.24, 2.45) is 5.92 Å². The van der Waals surface area contributed by atoms with Gasteiger partial charge >= 0.3 is 5.97 Å². The van der Waals surface area contributed by atoms with Crippen LogP contribution in [0.15, 0.2) is 79.0 Å². The molecule has 248 valence electrons. The second-order valence-electron chi connectivity index (χ2n) is 11.2. The van der Waals surface area contributed by atoms with Gasteiger partial charge in [0.15, 0.2) is 0 Å². The van der Waals surface area contributed by atoms with E-state index in [1.165, 1.54) is 18.2 Å². The molecule has 0 radical (unpaired) electrons. The summed E-state index contributed by atoms with van der Waals surface area (Å²) < 4.78 is 5.86. The molecule has 1 rings (SSSR count). The van der Waals surface area contributed by atoms with Crippen molar-refractivity contribution < 1.29 is 29.3 Å². The Kier molecular flexibility index (Phi) is 21.2. The van der Waals surface area contributed by atoms with Crippen LogP contribution in [0.5, 0.6) is 5.75 Å². The Morgan fingerprint density at radius 3 is 1.93 bits per heavy atom. The Labute approximate surface area is 270 Å². The predicted octanol–water partition coefficient (Wildman–Crippen LogP) is 8.28. The summed E-state index contributed by atoms with van der Waals surface area (Å²) in [7, 11) is 0. The fraction of sp³-hybridized carbons (Fsp3) is 0.486. The van der Waals surface area contributed by atoms with E-state index in [9.17, 15) is 24.6 Å². The molecule has 0 spiro atoms. The normalized spacial score (nSPS) is 13.5. The van der Waals surface area contributed by atoms with Crippen molar-refractivity contribution in [1.29, 1.82) is 0 Å². The molecular weight excluding hydrogens is 568 g/mol. The van der Waals surface area contributed by atoms with Crippen LogP contribution in [-0.4, -0.2) is 46.7 Å². The number of aromatic carboxylic acids is 1. The van der Waals surface area contributed by atoms with Crippen molar-refractivity contribution in [2.45, 2.75) is 104 Å². The first-order valence-corrected chi connectivity index (χ1v) is 16.2. The third-order valence-electron chi connectivity index (χ3n) is 6.74. The molecule has 0 bridgehead atoms. The summed E-state index contributed by atoms with van der Waals surface area (Å²) in [6, 6.07) is 2.97. The van der Waals surface area contributed by atoms with Crippen molar-refractivity contribution in [3.8, 4) is 5.75 Å². The summed E-state index contributed by atoms with van der Waals surface area (Å²) >= 11 is 0. The SMILES string of the molecule is CCC=CCC=CCC=CCC=CCC=CCCCCOC(CC)C(=O)N[C@@H](CC(C)C)C(=O)Nc1ccc(O)c(C(=O)O)c1. The van der Waals surface area contributed by atoms with E-state index in [4.69, 9.17) is 4.74 Å². The summed E-state index contributed by atoms with van der Waals surface area (Å²) in [6.45, 7) is 8.34. The van der Waals surface area contributed by atoms with E-state index in [1.54, 1.807) is 0 Å². The van der Waals surface area contributed by atoms with E-state index < -0.39 is 29.8 Å². The molecule has 45 heavy (non-hydrogen) atoms. The quantitative estimate of drug-likeness (QED) is 0.0553. The van der Waals surface area contributed by atoms with Gasteiger partial charge < -0.3 is 25.6 Å². The highest BCUT2D eigenvalue weighted by atomic mass is 16.5. The monoisotopic (exact) mass is 622 g/mol. The van der Waals surface area contributed by atoms with Gasteiger partial charge in [0.1, 0.15) is 23.5 Å². The molecule has 8 nitrogen and oxygen atoms in total. The highest BCUT2D eigenvalue weighted by Crippen LogP contribution is 2.22. The molecule has 0 aliphatic carbocycles. The van der Waals surface area contributed by atoms with Gasteiger partial charge in [-0.15, -0.1) is 0 Å². The summed E-state index contributed by atoms with van der Waals surface area (Å²) in [5.74, 6) is -2.41. The number of rotatable bonds is 23. The van der Waals surface area contributed by atoms with Gasteiger partial charge in [0, 0.05) is 12.3 Å². The molecule has 0 fully saturated rings. The predicted molar refractivity (Wildman–Crippen MR) is 183 cm³/mol. The minimum atomic E-state index is -1.31. The number of aromatic hydroxyl groups is 1. The Morgan fingerprint density at radius 2 is 1.40 bits per heavy atom. The van der Waals surface area contributed by atoms with Crippen LogP contribution in [0.3, 0.4) is 0 Å². The minimum Gasteiger partial charge on any atom is -0.507 e. The van der Waals surface area contributed by atoms with Crippen LogP contribution in [-0.2, 0) is 14.3 Å². The van der Waals surface area contributed by atoms with Gasteiger partial charge in [-0.25, -0.2) is 4.79 Å². The van der Waals surface area contributed by atoms with Gasteiger partial charge in [-0.1, -0.05) is 88.5 Å². The lowest BCUT2D eigenvalue weighted by Crippen LogP contribution is -2.48. The van der Waals surface area contributed by atoms with Gasteiger partial charge in [0.25, 0.3) is 0 Å². The number of hydrogen-bond acceptors (Lipinski definition) is 5. The van der Waals surface area contributed by atoms with E-state index in [0.717, 1.165) is 51.4 Å². The first-order chi connectivity index (χ1) is 21.7. The van der Waals surface area contributed by atoms with E-state index in [2.05, 4.69) is 78.3 Å². The largest absolute Gasteiger partial charge is 0.507 e. The first-order valence-electron chi connectivity index (χ1n) is 16.2. The zero-order valence-corrected chi connectivity index (χ0v) is 27.5. The Balaban J connectivity index is 2.37. The van der Waals surface area contributed by atoms with Crippen molar-refractivity contribution in [3.63, 3.8) is 0 Å². The van der Waals surface area contributed by atoms with Gasteiger partial charge in [0.05, 0.1) is 0 Å². The fourth-order valence-corrected chi connectivity index (χ4v) is 4.32. The summed E-state index contributed by atoms with van der Waals surface area (Å²) in [4.78, 5) is 37.3. The molecule has 0 aliphatic rings. The summed E-state index contributed by atoms with van der Waals surface area (Å²) in [5.41, 5.74) is -0.105. The van der Waals surface area contributed by atoms with Crippen LogP contribution in [0, 0.1) is 5.92 Å². The minimum absolute atomic E-state index is 0.118. The number of carbonyl (C=O) groups excluding carboxylic acids is 2. The van der Waals surface area contributed by atoms with Crippen molar-refractivity contribution in [3.05, 3.63) is 84.5 Å². The molecule has 0 aromatic heterocycles. The highest BCUT2D eigenvalue weighted by Gasteiger charge is 2.26. The fourth-order valence-electron chi connectivity index (χ4n) is 4.32. The average Bonchev–Trinajstić information content (AvgIpc) is 3.00. The second kappa shape index (κ2) is 24.4. The zero-order chi connectivity index (χ0) is 33.3. The van der Waals surface area contributed by atoms with Crippen LogP contribution < -0.4 is 10.6 Å². The number of hydrogen-bond donors (Lipinski definition) is 4. The highest BCUT2D eigenvalue weighted by molar-refractivity contribution is 5.99. The van der Waals surface area contributed by atoms with E-state index in [1.807, 2.05) is 20.8 Å². The van der Waals surface area contributed by atoms with Gasteiger partial charge in [-0.2, -0.15) is 0 Å². The van der Waals surface area contributed by atoms with Crippen molar-refractivity contribution in [2.75, 3.05) is 11.9 Å². The van der Waals surface area contributed by atoms with E-state index in [-0.39, 0.29) is 23.1 Å². The number of nitrogens with one attached hydrogen (secondary N) is 2. The smallest absolute Gasteiger partial charge is 0.339 e. The topological polar surface area (TPSA) is 125 Å². The van der Waals surface area contributed by atoms with Crippen LogP contribution in [0.1, 0.15) is 102 Å². The van der Waals surface area contributed by atoms with Crippen LogP contribution in [0.4, 0.5) is 5.69 Å². The lowest BCUT2D eigenvalue weighted by atomic mass is 10.0. The Morgan fingerprint density at radius 1 is 0.822 bits per heavy atom. The number of anilines is 1.